The van der Waals surface area contributed by atoms with Crippen LogP contribution in [0.3, 0.4) is 0 Å². The van der Waals surface area contributed by atoms with Crippen molar-refractivity contribution in [2.45, 2.75) is 39.7 Å². The molecule has 1 aliphatic heterocycles. The van der Waals surface area contributed by atoms with Gasteiger partial charge in [-0.05, 0) is 64.7 Å². The molecule has 0 aromatic carbocycles. The van der Waals surface area contributed by atoms with Crippen molar-refractivity contribution in [2.75, 3.05) is 26.7 Å². The minimum absolute atomic E-state index is 0.826. The van der Waals surface area contributed by atoms with Crippen LogP contribution in [0.5, 0.6) is 0 Å². The lowest BCUT2D eigenvalue weighted by molar-refractivity contribution is 0.229. The predicted molar refractivity (Wildman–Crippen MR) is 82.6 cm³/mol. The Bertz CT molecular complexity index is 371. The van der Waals surface area contributed by atoms with E-state index in [4.69, 9.17) is 0 Å². The predicted octanol–water partition coefficient (Wildman–Crippen LogP) is 2.91. The summed E-state index contributed by atoms with van der Waals surface area (Å²) in [6.45, 7) is 9.08. The van der Waals surface area contributed by atoms with E-state index < -0.39 is 0 Å². The Kier molecular flexibility index (Phi) is 5.79. The van der Waals surface area contributed by atoms with E-state index >= 15 is 0 Å². The molecule has 2 rings (SSSR count). The lowest BCUT2D eigenvalue weighted by Gasteiger charge is -2.29. The first-order valence-corrected chi connectivity index (χ1v) is 8.33. The molecule has 4 heteroatoms. The van der Waals surface area contributed by atoms with Crippen molar-refractivity contribution in [3.05, 3.63) is 16.1 Å². The Morgan fingerprint density at radius 1 is 1.58 bits per heavy atom. The van der Waals surface area contributed by atoms with E-state index in [1.54, 1.807) is 11.3 Å². The van der Waals surface area contributed by atoms with Crippen molar-refractivity contribution >= 4 is 11.3 Å². The van der Waals surface area contributed by atoms with Gasteiger partial charge in [-0.1, -0.05) is 6.92 Å². The van der Waals surface area contributed by atoms with Crippen LogP contribution in [0.4, 0.5) is 0 Å². The summed E-state index contributed by atoms with van der Waals surface area (Å²) < 4.78 is 0. The molecule has 1 aromatic rings. The average molecular weight is 281 g/mol. The molecule has 0 aliphatic carbocycles. The van der Waals surface area contributed by atoms with E-state index in [0.717, 1.165) is 18.4 Å². The summed E-state index contributed by atoms with van der Waals surface area (Å²) in [4.78, 5) is 6.94. The standard InChI is InChI=1S/C15H27N3S/c1-12(14-5-4-7-16-9-14)6-8-18(3)10-15-11-19-13(2)17-15/h11-12,14,16H,4-10H2,1-3H3. The SMILES string of the molecule is Cc1nc(CN(C)CCC(C)C2CCCNC2)cs1. The highest BCUT2D eigenvalue weighted by molar-refractivity contribution is 7.09. The molecule has 2 unspecified atom stereocenters. The Morgan fingerprint density at radius 3 is 3.05 bits per heavy atom. The molecular formula is C15H27N3S. The zero-order valence-electron chi connectivity index (χ0n) is 12.5. The minimum atomic E-state index is 0.826. The molecule has 1 saturated heterocycles. The monoisotopic (exact) mass is 281 g/mol. The third-order valence-electron chi connectivity index (χ3n) is 4.20. The van der Waals surface area contributed by atoms with Gasteiger partial charge in [-0.2, -0.15) is 0 Å². The third-order valence-corrected chi connectivity index (χ3v) is 5.03. The number of hydrogen-bond donors (Lipinski definition) is 1. The second-order valence-corrected chi connectivity index (χ2v) is 7.03. The zero-order chi connectivity index (χ0) is 13.7. The Hall–Kier alpha value is -0.450. The van der Waals surface area contributed by atoms with Crippen molar-refractivity contribution in [3.63, 3.8) is 0 Å². The van der Waals surface area contributed by atoms with Gasteiger partial charge in [0.1, 0.15) is 0 Å². The van der Waals surface area contributed by atoms with E-state index in [9.17, 15) is 0 Å². The summed E-state index contributed by atoms with van der Waals surface area (Å²) in [6.07, 6.45) is 4.05. The summed E-state index contributed by atoms with van der Waals surface area (Å²) >= 11 is 1.75. The lowest BCUT2D eigenvalue weighted by atomic mass is 9.85. The summed E-state index contributed by atoms with van der Waals surface area (Å²) in [7, 11) is 2.21. The van der Waals surface area contributed by atoms with Gasteiger partial charge in [0.05, 0.1) is 10.7 Å². The van der Waals surface area contributed by atoms with Gasteiger partial charge in [0, 0.05) is 11.9 Å². The van der Waals surface area contributed by atoms with Gasteiger partial charge in [-0.15, -0.1) is 11.3 Å². The molecule has 0 saturated carbocycles. The fourth-order valence-electron chi connectivity index (χ4n) is 2.86. The number of piperidine rings is 1. The molecule has 0 radical (unpaired) electrons. The van der Waals surface area contributed by atoms with E-state index in [1.807, 2.05) is 0 Å². The number of thiazole rings is 1. The number of nitrogens with zero attached hydrogens (tertiary/aromatic N) is 2. The first-order chi connectivity index (χ1) is 9.15. The van der Waals surface area contributed by atoms with Gasteiger partial charge >= 0.3 is 0 Å². The molecular weight excluding hydrogens is 254 g/mol. The minimum Gasteiger partial charge on any atom is -0.316 e. The zero-order valence-corrected chi connectivity index (χ0v) is 13.3. The van der Waals surface area contributed by atoms with Crippen molar-refractivity contribution in [1.82, 2.24) is 15.2 Å². The maximum atomic E-state index is 4.53. The van der Waals surface area contributed by atoms with Gasteiger partial charge in [0.25, 0.3) is 0 Å². The largest absolute Gasteiger partial charge is 0.316 e. The van der Waals surface area contributed by atoms with Crippen molar-refractivity contribution in [1.29, 1.82) is 0 Å². The smallest absolute Gasteiger partial charge is 0.0897 e. The van der Waals surface area contributed by atoms with Gasteiger partial charge in [-0.25, -0.2) is 4.98 Å². The lowest BCUT2D eigenvalue weighted by Crippen LogP contribution is -2.34. The molecule has 2 heterocycles. The molecule has 108 valence electrons. The van der Waals surface area contributed by atoms with Crippen LogP contribution in [0.1, 0.15) is 36.9 Å². The first kappa shape index (κ1) is 14.9. The molecule has 1 aromatic heterocycles. The maximum Gasteiger partial charge on any atom is 0.0897 e. The number of rotatable bonds is 6. The van der Waals surface area contributed by atoms with E-state index in [0.29, 0.717) is 0 Å². The normalized spacial score (nSPS) is 21.8. The van der Waals surface area contributed by atoms with Crippen LogP contribution < -0.4 is 5.32 Å². The molecule has 19 heavy (non-hydrogen) atoms. The Morgan fingerprint density at radius 2 is 2.42 bits per heavy atom. The second kappa shape index (κ2) is 7.36. The molecule has 1 fully saturated rings. The van der Waals surface area contributed by atoms with Crippen LogP contribution in [0.2, 0.25) is 0 Å². The molecule has 3 nitrogen and oxygen atoms in total. The van der Waals surface area contributed by atoms with E-state index in [2.05, 4.69) is 41.5 Å². The number of aryl methyl sites for hydroxylation is 1. The van der Waals surface area contributed by atoms with Crippen molar-refractivity contribution < 1.29 is 0 Å². The quantitative estimate of drug-likeness (QED) is 0.869. The second-order valence-electron chi connectivity index (χ2n) is 5.97. The summed E-state index contributed by atoms with van der Waals surface area (Å²) in [5, 5.41) is 6.88. The summed E-state index contributed by atoms with van der Waals surface area (Å²) in [6, 6.07) is 0. The van der Waals surface area contributed by atoms with Gasteiger partial charge in [-0.3, -0.25) is 0 Å². The van der Waals surface area contributed by atoms with Gasteiger partial charge < -0.3 is 10.2 Å². The fraction of sp³-hybridized carbons (Fsp3) is 0.800. The summed E-state index contributed by atoms with van der Waals surface area (Å²) in [5.41, 5.74) is 1.22. The number of nitrogens with one attached hydrogen (secondary N) is 1. The maximum absolute atomic E-state index is 4.53. The van der Waals surface area contributed by atoms with Gasteiger partial charge in [0.15, 0.2) is 0 Å². The fourth-order valence-corrected chi connectivity index (χ4v) is 3.46. The van der Waals surface area contributed by atoms with E-state index in [-0.39, 0.29) is 0 Å². The summed E-state index contributed by atoms with van der Waals surface area (Å²) in [5.74, 6) is 1.70. The average Bonchev–Trinajstić information content (AvgIpc) is 2.82. The Labute approximate surface area is 121 Å². The van der Waals surface area contributed by atoms with Gasteiger partial charge in [0.2, 0.25) is 0 Å². The molecule has 0 amide bonds. The third kappa shape index (κ3) is 4.86. The van der Waals surface area contributed by atoms with Crippen LogP contribution in [-0.2, 0) is 6.54 Å². The molecule has 1 N–H and O–H groups in total. The molecule has 2 atom stereocenters. The van der Waals surface area contributed by atoms with Crippen LogP contribution in [-0.4, -0.2) is 36.6 Å². The van der Waals surface area contributed by atoms with Crippen molar-refractivity contribution in [3.8, 4) is 0 Å². The molecule has 0 bridgehead atoms. The van der Waals surface area contributed by atoms with E-state index in [1.165, 1.54) is 49.6 Å². The molecule has 1 aliphatic rings. The van der Waals surface area contributed by atoms with Crippen LogP contribution in [0, 0.1) is 18.8 Å². The van der Waals surface area contributed by atoms with Crippen molar-refractivity contribution in [2.24, 2.45) is 11.8 Å². The Balaban J connectivity index is 1.69. The highest BCUT2D eigenvalue weighted by Gasteiger charge is 2.19. The van der Waals surface area contributed by atoms with Crippen LogP contribution >= 0.6 is 11.3 Å². The highest BCUT2D eigenvalue weighted by Crippen LogP contribution is 2.22. The number of hydrogen-bond acceptors (Lipinski definition) is 4. The first-order valence-electron chi connectivity index (χ1n) is 7.45. The molecule has 0 spiro atoms. The number of aromatic nitrogens is 1. The van der Waals surface area contributed by atoms with Crippen LogP contribution in [0.25, 0.3) is 0 Å². The topological polar surface area (TPSA) is 28.2 Å². The van der Waals surface area contributed by atoms with Crippen LogP contribution in [0.15, 0.2) is 5.38 Å². The highest BCUT2D eigenvalue weighted by atomic mass is 32.1.